The molecule has 0 atom stereocenters. The minimum atomic E-state index is -0.169. The standard InChI is InChI=1S/C23H21N3O3S/c1-3-14-29-19-11-6-17(7-12-19)15-20-22(27)26-23(30-20)24-21(25-26)13-8-16-4-9-18(28-2)10-5-16/h4-13,15H,3,14H2,1-2H3/b13-8+,20-15+. The molecule has 6 nitrogen and oxygen atoms in total. The molecule has 0 saturated heterocycles. The summed E-state index contributed by atoms with van der Waals surface area (Å²) in [4.78, 5) is 17.7. The summed E-state index contributed by atoms with van der Waals surface area (Å²) in [5.41, 5.74) is 1.76. The van der Waals surface area contributed by atoms with Gasteiger partial charge in [-0.1, -0.05) is 48.6 Å². The fourth-order valence-electron chi connectivity index (χ4n) is 2.84. The predicted octanol–water partition coefficient (Wildman–Crippen LogP) is 3.67. The van der Waals surface area contributed by atoms with Crippen LogP contribution in [0.1, 0.15) is 30.3 Å². The van der Waals surface area contributed by atoms with Crippen molar-refractivity contribution in [1.29, 1.82) is 0 Å². The third-order valence-corrected chi connectivity index (χ3v) is 5.35. The Kier molecular flexibility index (Phi) is 5.90. The highest BCUT2D eigenvalue weighted by Crippen LogP contribution is 2.15. The Hall–Kier alpha value is -3.45. The lowest BCUT2D eigenvalue weighted by molar-refractivity contribution is 0.317. The highest BCUT2D eigenvalue weighted by Gasteiger charge is 2.09. The first kappa shape index (κ1) is 19.8. The summed E-state index contributed by atoms with van der Waals surface area (Å²) >= 11 is 1.32. The van der Waals surface area contributed by atoms with Gasteiger partial charge in [-0.3, -0.25) is 4.79 Å². The molecule has 0 unspecified atom stereocenters. The van der Waals surface area contributed by atoms with Gasteiger partial charge in [0.05, 0.1) is 18.2 Å². The third kappa shape index (κ3) is 4.41. The minimum Gasteiger partial charge on any atom is -0.497 e. The Morgan fingerprint density at radius 3 is 2.37 bits per heavy atom. The summed E-state index contributed by atoms with van der Waals surface area (Å²) in [6.07, 6.45) is 6.50. The molecule has 0 spiro atoms. The molecule has 4 rings (SSSR count). The fourth-order valence-corrected chi connectivity index (χ4v) is 3.75. The number of aromatic nitrogens is 3. The summed E-state index contributed by atoms with van der Waals surface area (Å²) in [5.74, 6) is 2.13. The molecule has 0 aliphatic heterocycles. The van der Waals surface area contributed by atoms with Gasteiger partial charge in [0.1, 0.15) is 11.5 Å². The number of hydrogen-bond acceptors (Lipinski definition) is 6. The maximum absolute atomic E-state index is 12.7. The topological polar surface area (TPSA) is 65.7 Å². The number of nitrogens with zero attached hydrogens (tertiary/aromatic N) is 3. The highest BCUT2D eigenvalue weighted by atomic mass is 32.1. The average Bonchev–Trinajstić information content (AvgIpc) is 3.31. The Labute approximate surface area is 177 Å². The zero-order chi connectivity index (χ0) is 20.9. The van der Waals surface area contributed by atoms with Gasteiger partial charge in [0.15, 0.2) is 5.82 Å². The number of thiazole rings is 1. The van der Waals surface area contributed by atoms with E-state index in [1.807, 2.05) is 60.7 Å². The lowest BCUT2D eigenvalue weighted by Gasteiger charge is -2.03. The molecule has 2 heterocycles. The van der Waals surface area contributed by atoms with Crippen LogP contribution >= 0.6 is 11.3 Å². The zero-order valence-corrected chi connectivity index (χ0v) is 17.6. The molecular formula is C23H21N3O3S. The van der Waals surface area contributed by atoms with Crippen LogP contribution in [0.25, 0.3) is 23.2 Å². The molecule has 7 heteroatoms. The highest BCUT2D eigenvalue weighted by molar-refractivity contribution is 7.15. The molecule has 0 aliphatic rings. The Bertz CT molecular complexity index is 1270. The van der Waals surface area contributed by atoms with Crippen LogP contribution in [-0.2, 0) is 0 Å². The molecule has 0 radical (unpaired) electrons. The van der Waals surface area contributed by atoms with E-state index in [1.165, 1.54) is 15.9 Å². The maximum Gasteiger partial charge on any atom is 0.291 e. The van der Waals surface area contributed by atoms with E-state index in [1.54, 1.807) is 13.2 Å². The second-order valence-electron chi connectivity index (χ2n) is 6.60. The van der Waals surface area contributed by atoms with E-state index in [0.717, 1.165) is 29.0 Å². The predicted molar refractivity (Wildman–Crippen MR) is 120 cm³/mol. The maximum atomic E-state index is 12.7. The average molecular weight is 420 g/mol. The third-order valence-electron chi connectivity index (χ3n) is 4.39. The van der Waals surface area contributed by atoms with Gasteiger partial charge < -0.3 is 9.47 Å². The van der Waals surface area contributed by atoms with Gasteiger partial charge in [0.2, 0.25) is 4.96 Å². The number of ether oxygens (including phenoxy) is 2. The first-order chi connectivity index (χ1) is 14.7. The van der Waals surface area contributed by atoms with Crippen molar-refractivity contribution in [1.82, 2.24) is 14.6 Å². The van der Waals surface area contributed by atoms with Gasteiger partial charge in [-0.2, -0.15) is 9.50 Å². The van der Waals surface area contributed by atoms with Crippen LogP contribution in [-0.4, -0.2) is 28.3 Å². The van der Waals surface area contributed by atoms with E-state index in [2.05, 4.69) is 17.0 Å². The first-order valence-corrected chi connectivity index (χ1v) is 10.4. The van der Waals surface area contributed by atoms with E-state index in [0.29, 0.717) is 21.9 Å². The largest absolute Gasteiger partial charge is 0.497 e. The van der Waals surface area contributed by atoms with Crippen molar-refractivity contribution >= 4 is 34.5 Å². The van der Waals surface area contributed by atoms with E-state index in [-0.39, 0.29) is 5.56 Å². The Morgan fingerprint density at radius 1 is 1.00 bits per heavy atom. The number of methoxy groups -OCH3 is 1. The van der Waals surface area contributed by atoms with E-state index < -0.39 is 0 Å². The van der Waals surface area contributed by atoms with Crippen molar-refractivity contribution < 1.29 is 9.47 Å². The molecule has 2 aromatic carbocycles. The Balaban J connectivity index is 1.55. The van der Waals surface area contributed by atoms with Crippen molar-refractivity contribution in [3.63, 3.8) is 0 Å². The lowest BCUT2D eigenvalue weighted by atomic mass is 10.2. The summed E-state index contributed by atoms with van der Waals surface area (Å²) < 4.78 is 12.7. The molecule has 4 aromatic rings. The number of fused-ring (bicyclic) bond motifs is 1. The smallest absolute Gasteiger partial charge is 0.291 e. The first-order valence-electron chi connectivity index (χ1n) is 9.62. The number of rotatable bonds is 7. The van der Waals surface area contributed by atoms with Crippen LogP contribution in [0.4, 0.5) is 0 Å². The van der Waals surface area contributed by atoms with E-state index in [4.69, 9.17) is 9.47 Å². The molecule has 0 aliphatic carbocycles. The van der Waals surface area contributed by atoms with Gasteiger partial charge in [0, 0.05) is 0 Å². The lowest BCUT2D eigenvalue weighted by Crippen LogP contribution is -2.23. The molecule has 152 valence electrons. The monoisotopic (exact) mass is 419 g/mol. The normalized spacial score (nSPS) is 12.1. The molecular weight excluding hydrogens is 398 g/mol. The van der Waals surface area contributed by atoms with Crippen molar-refractivity contribution in [2.24, 2.45) is 0 Å². The summed E-state index contributed by atoms with van der Waals surface area (Å²) in [7, 11) is 1.63. The summed E-state index contributed by atoms with van der Waals surface area (Å²) in [6, 6.07) is 15.3. The molecule has 2 aromatic heterocycles. The molecule has 0 fully saturated rings. The van der Waals surface area contributed by atoms with Gasteiger partial charge in [-0.05, 0) is 54.0 Å². The van der Waals surface area contributed by atoms with Crippen LogP contribution < -0.4 is 19.6 Å². The van der Waals surface area contributed by atoms with Crippen molar-refractivity contribution in [2.45, 2.75) is 13.3 Å². The zero-order valence-electron chi connectivity index (χ0n) is 16.7. The molecule has 0 amide bonds. The van der Waals surface area contributed by atoms with Gasteiger partial charge in [-0.15, -0.1) is 5.10 Å². The number of hydrogen-bond donors (Lipinski definition) is 0. The quantitative estimate of drug-likeness (QED) is 0.457. The molecule has 30 heavy (non-hydrogen) atoms. The van der Waals surface area contributed by atoms with E-state index >= 15 is 0 Å². The Morgan fingerprint density at radius 2 is 1.70 bits per heavy atom. The number of benzene rings is 2. The second-order valence-corrected chi connectivity index (χ2v) is 7.61. The van der Waals surface area contributed by atoms with Crippen molar-refractivity contribution in [3.05, 3.63) is 80.4 Å². The van der Waals surface area contributed by atoms with Gasteiger partial charge in [0.25, 0.3) is 5.56 Å². The van der Waals surface area contributed by atoms with Crippen molar-refractivity contribution in [3.8, 4) is 11.5 Å². The summed E-state index contributed by atoms with van der Waals surface area (Å²) in [5, 5.41) is 4.32. The van der Waals surface area contributed by atoms with Crippen molar-refractivity contribution in [2.75, 3.05) is 13.7 Å². The minimum absolute atomic E-state index is 0.169. The van der Waals surface area contributed by atoms with Crippen LogP contribution in [0.5, 0.6) is 11.5 Å². The summed E-state index contributed by atoms with van der Waals surface area (Å²) in [6.45, 7) is 2.76. The molecule has 0 saturated carbocycles. The molecule has 0 bridgehead atoms. The molecule has 0 N–H and O–H groups in total. The fraction of sp³-hybridized carbons (Fsp3) is 0.174. The van der Waals surface area contributed by atoms with Crippen LogP contribution in [0.15, 0.2) is 53.3 Å². The van der Waals surface area contributed by atoms with Gasteiger partial charge in [-0.25, -0.2) is 0 Å². The van der Waals surface area contributed by atoms with E-state index in [9.17, 15) is 4.79 Å². The van der Waals surface area contributed by atoms with Crippen LogP contribution in [0.2, 0.25) is 0 Å². The SMILES string of the molecule is CCCOc1ccc(/C=c2/sc3nc(/C=C/c4ccc(OC)cc4)nn3c2=O)cc1. The van der Waals surface area contributed by atoms with Crippen LogP contribution in [0.3, 0.4) is 0 Å². The van der Waals surface area contributed by atoms with Gasteiger partial charge >= 0.3 is 0 Å². The second kappa shape index (κ2) is 8.92. The van der Waals surface area contributed by atoms with Crippen LogP contribution in [0, 0.1) is 0 Å².